The Morgan fingerprint density at radius 3 is 2.96 bits per heavy atom. The highest BCUT2D eigenvalue weighted by Crippen LogP contribution is 2.27. The van der Waals surface area contributed by atoms with E-state index in [-0.39, 0.29) is 11.8 Å². The van der Waals surface area contributed by atoms with Crippen molar-refractivity contribution in [3.8, 4) is 11.1 Å². The van der Waals surface area contributed by atoms with Crippen molar-refractivity contribution >= 4 is 22.9 Å². The van der Waals surface area contributed by atoms with Gasteiger partial charge in [0.05, 0.1) is 5.56 Å². The number of rotatable bonds is 3. The first-order valence-electron chi connectivity index (χ1n) is 8.86. The van der Waals surface area contributed by atoms with Crippen molar-refractivity contribution in [2.75, 3.05) is 13.1 Å². The number of hydrogen-bond acceptors (Lipinski definition) is 5. The number of carbonyl (C=O) groups is 1. The van der Waals surface area contributed by atoms with E-state index in [0.717, 1.165) is 41.1 Å². The zero-order valence-electron chi connectivity index (χ0n) is 14.5. The highest BCUT2D eigenvalue weighted by Gasteiger charge is 2.30. The van der Waals surface area contributed by atoms with Crippen LogP contribution in [0.15, 0.2) is 59.7 Å². The number of nitrogens with zero attached hydrogens (tertiary/aromatic N) is 5. The van der Waals surface area contributed by atoms with Gasteiger partial charge in [0.15, 0.2) is 11.5 Å². The molecule has 27 heavy (non-hydrogen) atoms. The lowest BCUT2D eigenvalue weighted by Gasteiger charge is -2.14. The number of carbonyl (C=O) groups excluding carboxylic acids is 1. The summed E-state index contributed by atoms with van der Waals surface area (Å²) in [5.41, 5.74) is 3.68. The smallest absolute Gasteiger partial charge is 0.254 e. The Hall–Kier alpha value is -3.06. The number of aromatic nitrogens is 4. The van der Waals surface area contributed by atoms with Crippen LogP contribution in [0.4, 0.5) is 0 Å². The first kappa shape index (κ1) is 16.1. The molecule has 4 aromatic heterocycles. The average Bonchev–Trinajstić information content (AvgIpc) is 3.47. The molecule has 1 aliphatic heterocycles. The summed E-state index contributed by atoms with van der Waals surface area (Å²) < 4.78 is 1.82. The average molecular weight is 375 g/mol. The summed E-state index contributed by atoms with van der Waals surface area (Å²) in [6.45, 7) is 1.41. The molecule has 0 aromatic carbocycles. The molecule has 5 rings (SSSR count). The standard InChI is InChI=1S/C20H17N5OS/c26-20(17-6-9-27-13-17)24-8-5-16(11-24)19-22-18-4-3-15(12-25(18)23-19)14-2-1-7-21-10-14/h1-4,6-7,9-10,12-13,16H,5,8,11H2/t16-/m1/s1. The number of fused-ring (bicyclic) bond motifs is 1. The van der Waals surface area contributed by atoms with Crippen LogP contribution in [-0.2, 0) is 0 Å². The molecule has 1 saturated heterocycles. The van der Waals surface area contributed by atoms with Gasteiger partial charge in [0.2, 0.25) is 0 Å². The van der Waals surface area contributed by atoms with Crippen LogP contribution >= 0.6 is 11.3 Å². The van der Waals surface area contributed by atoms with Crippen LogP contribution < -0.4 is 0 Å². The second kappa shape index (κ2) is 6.59. The van der Waals surface area contributed by atoms with Gasteiger partial charge in [-0.1, -0.05) is 6.07 Å². The van der Waals surface area contributed by atoms with E-state index in [9.17, 15) is 4.79 Å². The van der Waals surface area contributed by atoms with Gasteiger partial charge in [-0.15, -0.1) is 0 Å². The SMILES string of the molecule is O=C(c1ccsc1)N1CC[C@@H](c2nc3ccc(-c4cccnc4)cn3n2)C1. The van der Waals surface area contributed by atoms with Gasteiger partial charge >= 0.3 is 0 Å². The van der Waals surface area contributed by atoms with Crippen molar-refractivity contribution < 1.29 is 4.79 Å². The predicted octanol–water partition coefficient (Wildman–Crippen LogP) is 3.48. The zero-order chi connectivity index (χ0) is 18.2. The first-order valence-corrected chi connectivity index (χ1v) is 9.80. The molecule has 4 aromatic rings. The summed E-state index contributed by atoms with van der Waals surface area (Å²) in [6.07, 6.45) is 6.47. The van der Waals surface area contributed by atoms with Gasteiger partial charge in [-0.3, -0.25) is 9.78 Å². The fourth-order valence-electron chi connectivity index (χ4n) is 3.50. The largest absolute Gasteiger partial charge is 0.338 e. The highest BCUT2D eigenvalue weighted by atomic mass is 32.1. The number of pyridine rings is 2. The van der Waals surface area contributed by atoms with E-state index in [1.165, 1.54) is 0 Å². The molecule has 7 heteroatoms. The Kier molecular flexibility index (Phi) is 3.94. The topological polar surface area (TPSA) is 63.4 Å². The molecular formula is C20H17N5OS. The predicted molar refractivity (Wildman–Crippen MR) is 104 cm³/mol. The van der Waals surface area contributed by atoms with Gasteiger partial charge in [0, 0.05) is 54.1 Å². The molecule has 0 saturated carbocycles. The molecule has 0 radical (unpaired) electrons. The number of amides is 1. The van der Waals surface area contributed by atoms with Crippen LogP contribution in [-0.4, -0.2) is 43.5 Å². The molecule has 134 valence electrons. The molecule has 1 atom stereocenters. The van der Waals surface area contributed by atoms with E-state index in [4.69, 9.17) is 0 Å². The minimum Gasteiger partial charge on any atom is -0.338 e. The molecule has 5 heterocycles. The fraction of sp³-hybridized carbons (Fsp3) is 0.200. The minimum absolute atomic E-state index is 0.0985. The second-order valence-corrected chi connectivity index (χ2v) is 7.46. The van der Waals surface area contributed by atoms with Crippen molar-refractivity contribution in [1.82, 2.24) is 24.5 Å². The summed E-state index contributed by atoms with van der Waals surface area (Å²) in [5, 5.41) is 8.52. The van der Waals surface area contributed by atoms with E-state index in [0.29, 0.717) is 6.54 Å². The maximum Gasteiger partial charge on any atom is 0.254 e. The summed E-state index contributed by atoms with van der Waals surface area (Å²) >= 11 is 1.55. The summed E-state index contributed by atoms with van der Waals surface area (Å²) in [5.74, 6) is 1.08. The zero-order valence-corrected chi connectivity index (χ0v) is 15.3. The van der Waals surface area contributed by atoms with Crippen LogP contribution in [0.1, 0.15) is 28.5 Å². The Bertz CT molecular complexity index is 1090. The Morgan fingerprint density at radius 1 is 1.19 bits per heavy atom. The van der Waals surface area contributed by atoms with Gasteiger partial charge in [-0.05, 0) is 36.1 Å². The van der Waals surface area contributed by atoms with Crippen LogP contribution in [0.2, 0.25) is 0 Å². The number of likely N-dealkylation sites (tertiary alicyclic amines) is 1. The second-order valence-electron chi connectivity index (χ2n) is 6.68. The molecular weight excluding hydrogens is 358 g/mol. The first-order chi connectivity index (χ1) is 13.3. The van der Waals surface area contributed by atoms with Crippen molar-refractivity contribution in [3.05, 3.63) is 71.1 Å². The lowest BCUT2D eigenvalue weighted by atomic mass is 10.1. The quantitative estimate of drug-likeness (QED) is 0.550. The molecule has 1 amide bonds. The van der Waals surface area contributed by atoms with Crippen LogP contribution in [0, 0.1) is 0 Å². The van der Waals surface area contributed by atoms with E-state index >= 15 is 0 Å². The molecule has 0 aliphatic carbocycles. The van der Waals surface area contributed by atoms with E-state index in [2.05, 4.69) is 15.1 Å². The van der Waals surface area contributed by atoms with Crippen molar-refractivity contribution in [1.29, 1.82) is 0 Å². The van der Waals surface area contributed by atoms with Gasteiger partial charge in [-0.25, -0.2) is 9.50 Å². The number of thiophene rings is 1. The third kappa shape index (κ3) is 3.00. The van der Waals surface area contributed by atoms with E-state index in [1.807, 2.05) is 62.9 Å². The van der Waals surface area contributed by atoms with Gasteiger partial charge < -0.3 is 4.90 Å². The normalized spacial score (nSPS) is 16.9. The van der Waals surface area contributed by atoms with E-state index < -0.39 is 0 Å². The van der Waals surface area contributed by atoms with Crippen molar-refractivity contribution in [2.24, 2.45) is 0 Å². The molecule has 1 aliphatic rings. The Labute approximate surface area is 160 Å². The highest BCUT2D eigenvalue weighted by molar-refractivity contribution is 7.08. The molecule has 0 unspecified atom stereocenters. The number of hydrogen-bond donors (Lipinski definition) is 0. The van der Waals surface area contributed by atoms with Crippen LogP contribution in [0.3, 0.4) is 0 Å². The monoisotopic (exact) mass is 375 g/mol. The van der Waals surface area contributed by atoms with Crippen LogP contribution in [0.5, 0.6) is 0 Å². The Balaban J connectivity index is 1.39. The lowest BCUT2D eigenvalue weighted by Crippen LogP contribution is -2.28. The van der Waals surface area contributed by atoms with E-state index in [1.54, 1.807) is 17.5 Å². The fourth-order valence-corrected chi connectivity index (χ4v) is 4.13. The minimum atomic E-state index is 0.0985. The van der Waals surface area contributed by atoms with Gasteiger partial charge in [0.1, 0.15) is 0 Å². The maximum atomic E-state index is 12.5. The van der Waals surface area contributed by atoms with Crippen molar-refractivity contribution in [3.63, 3.8) is 0 Å². The summed E-state index contributed by atoms with van der Waals surface area (Å²) in [7, 11) is 0. The van der Waals surface area contributed by atoms with Gasteiger partial charge in [0.25, 0.3) is 5.91 Å². The maximum absolute atomic E-state index is 12.5. The molecule has 1 fully saturated rings. The lowest BCUT2D eigenvalue weighted by molar-refractivity contribution is 0.0791. The van der Waals surface area contributed by atoms with Crippen molar-refractivity contribution in [2.45, 2.75) is 12.3 Å². The van der Waals surface area contributed by atoms with Gasteiger partial charge in [-0.2, -0.15) is 16.4 Å². The molecule has 6 nitrogen and oxygen atoms in total. The molecule has 0 spiro atoms. The summed E-state index contributed by atoms with van der Waals surface area (Å²) in [4.78, 5) is 23.3. The third-order valence-corrected chi connectivity index (χ3v) is 5.63. The third-order valence-electron chi connectivity index (χ3n) is 4.95. The molecule has 0 N–H and O–H groups in total. The Morgan fingerprint density at radius 2 is 2.15 bits per heavy atom. The molecule has 0 bridgehead atoms. The van der Waals surface area contributed by atoms with Crippen LogP contribution in [0.25, 0.3) is 16.8 Å². The summed E-state index contributed by atoms with van der Waals surface area (Å²) in [6, 6.07) is 9.83.